The summed E-state index contributed by atoms with van der Waals surface area (Å²) in [7, 11) is 8.66. The SMILES string of the molecule is COc1cc(C=CC(=O)N(CCN(C)C)c2nc3cc(C)cc(C)c3s2)cc(OC)c1OC. The van der Waals surface area contributed by atoms with Crippen molar-refractivity contribution in [2.75, 3.05) is 53.4 Å². The first kappa shape index (κ1) is 24.5. The number of methoxy groups -OCH3 is 3. The second-order valence-corrected chi connectivity index (χ2v) is 8.99. The highest BCUT2D eigenvalue weighted by molar-refractivity contribution is 7.22. The molecular formula is C25H31N3O4S. The molecular weight excluding hydrogens is 438 g/mol. The maximum absolute atomic E-state index is 13.3. The molecule has 0 N–H and O–H groups in total. The molecule has 8 heteroatoms. The number of aromatic nitrogens is 1. The van der Waals surface area contributed by atoms with Crippen molar-refractivity contribution in [1.29, 1.82) is 0 Å². The van der Waals surface area contributed by atoms with Gasteiger partial charge in [0.05, 0.1) is 31.5 Å². The Hall–Kier alpha value is -3.10. The summed E-state index contributed by atoms with van der Waals surface area (Å²) in [6, 6.07) is 7.81. The average molecular weight is 470 g/mol. The summed E-state index contributed by atoms with van der Waals surface area (Å²) >= 11 is 1.54. The predicted molar refractivity (Wildman–Crippen MR) is 135 cm³/mol. The fourth-order valence-corrected chi connectivity index (χ4v) is 4.58. The number of ether oxygens (including phenoxy) is 3. The van der Waals surface area contributed by atoms with E-state index in [1.807, 2.05) is 19.0 Å². The van der Waals surface area contributed by atoms with E-state index in [2.05, 4.69) is 26.0 Å². The molecule has 3 aromatic rings. The molecule has 176 valence electrons. The van der Waals surface area contributed by atoms with Gasteiger partial charge in [-0.2, -0.15) is 0 Å². The first-order chi connectivity index (χ1) is 15.8. The zero-order valence-corrected chi connectivity index (χ0v) is 21.1. The number of carbonyl (C=O) groups is 1. The van der Waals surface area contributed by atoms with Gasteiger partial charge in [-0.1, -0.05) is 17.4 Å². The Morgan fingerprint density at radius 2 is 1.67 bits per heavy atom. The number of benzene rings is 2. The number of fused-ring (bicyclic) bond motifs is 1. The third kappa shape index (κ3) is 5.64. The molecule has 0 spiro atoms. The van der Waals surface area contributed by atoms with Crippen molar-refractivity contribution in [3.8, 4) is 17.2 Å². The Bertz CT molecular complexity index is 1140. The maximum Gasteiger partial charge on any atom is 0.252 e. The summed E-state index contributed by atoms with van der Waals surface area (Å²) in [5.41, 5.74) is 4.01. The molecule has 1 amide bonds. The van der Waals surface area contributed by atoms with Gasteiger partial charge in [0.25, 0.3) is 5.91 Å². The molecule has 33 heavy (non-hydrogen) atoms. The van der Waals surface area contributed by atoms with E-state index in [4.69, 9.17) is 19.2 Å². The van der Waals surface area contributed by atoms with Crippen molar-refractivity contribution in [1.82, 2.24) is 9.88 Å². The fraction of sp³-hybridized carbons (Fsp3) is 0.360. The van der Waals surface area contributed by atoms with E-state index in [1.54, 1.807) is 61.9 Å². The minimum absolute atomic E-state index is 0.140. The number of thiazole rings is 1. The molecule has 1 aromatic heterocycles. The fourth-order valence-electron chi connectivity index (χ4n) is 3.54. The smallest absolute Gasteiger partial charge is 0.252 e. The van der Waals surface area contributed by atoms with Gasteiger partial charge < -0.3 is 19.1 Å². The van der Waals surface area contributed by atoms with Gasteiger partial charge in [0.2, 0.25) is 5.75 Å². The number of likely N-dealkylation sites (N-methyl/N-ethyl adjacent to an activating group) is 1. The van der Waals surface area contributed by atoms with E-state index in [0.29, 0.717) is 28.9 Å². The lowest BCUT2D eigenvalue weighted by Crippen LogP contribution is -2.35. The highest BCUT2D eigenvalue weighted by atomic mass is 32.1. The third-order valence-electron chi connectivity index (χ3n) is 5.18. The monoisotopic (exact) mass is 469 g/mol. The summed E-state index contributed by atoms with van der Waals surface area (Å²) in [5, 5.41) is 0.695. The molecule has 0 aliphatic rings. The summed E-state index contributed by atoms with van der Waals surface area (Å²) in [4.78, 5) is 21.8. The van der Waals surface area contributed by atoms with Gasteiger partial charge in [-0.25, -0.2) is 4.98 Å². The topological polar surface area (TPSA) is 64.1 Å². The van der Waals surface area contributed by atoms with E-state index < -0.39 is 0 Å². The second-order valence-electron chi connectivity index (χ2n) is 8.01. The highest BCUT2D eigenvalue weighted by Crippen LogP contribution is 2.38. The van der Waals surface area contributed by atoms with Crippen molar-refractivity contribution >= 4 is 38.7 Å². The van der Waals surface area contributed by atoms with E-state index in [-0.39, 0.29) is 5.91 Å². The summed E-state index contributed by atoms with van der Waals surface area (Å²) in [6.07, 6.45) is 3.30. The van der Waals surface area contributed by atoms with Crippen molar-refractivity contribution in [2.45, 2.75) is 13.8 Å². The first-order valence-corrected chi connectivity index (χ1v) is 11.4. The molecule has 0 bridgehead atoms. The molecule has 0 aliphatic carbocycles. The summed E-state index contributed by atoms with van der Waals surface area (Å²) in [6.45, 7) is 5.38. The second kappa shape index (κ2) is 10.7. The summed E-state index contributed by atoms with van der Waals surface area (Å²) in [5.74, 6) is 1.44. The average Bonchev–Trinajstić information content (AvgIpc) is 3.20. The molecule has 2 aromatic carbocycles. The Kier molecular flexibility index (Phi) is 7.94. The van der Waals surface area contributed by atoms with Crippen molar-refractivity contribution in [2.24, 2.45) is 0 Å². The number of carbonyl (C=O) groups excluding carboxylic acids is 1. The molecule has 0 aliphatic heterocycles. The van der Waals surface area contributed by atoms with Crippen LogP contribution in [0.2, 0.25) is 0 Å². The van der Waals surface area contributed by atoms with Crippen LogP contribution in [0.3, 0.4) is 0 Å². The van der Waals surface area contributed by atoms with Crippen LogP contribution >= 0.6 is 11.3 Å². The number of hydrogen-bond donors (Lipinski definition) is 0. The van der Waals surface area contributed by atoms with Gasteiger partial charge in [0.1, 0.15) is 0 Å². The molecule has 3 rings (SSSR count). The van der Waals surface area contributed by atoms with E-state index in [0.717, 1.165) is 27.9 Å². The number of nitrogens with zero attached hydrogens (tertiary/aromatic N) is 3. The van der Waals surface area contributed by atoms with Gasteiger partial charge in [0, 0.05) is 19.2 Å². The van der Waals surface area contributed by atoms with Crippen LogP contribution in [0.25, 0.3) is 16.3 Å². The molecule has 0 unspecified atom stereocenters. The highest BCUT2D eigenvalue weighted by Gasteiger charge is 2.19. The van der Waals surface area contributed by atoms with Crippen LogP contribution in [0.1, 0.15) is 16.7 Å². The van der Waals surface area contributed by atoms with Crippen molar-refractivity contribution in [3.05, 3.63) is 47.0 Å². The number of hydrogen-bond acceptors (Lipinski definition) is 7. The standard InChI is InChI=1S/C25H31N3O4S/c1-16-12-17(2)24-19(13-16)26-25(33-24)28(11-10-27(3)4)22(29)9-8-18-14-20(30-5)23(32-7)21(15-18)31-6/h8-9,12-15H,10-11H2,1-7H3. The quantitative estimate of drug-likeness (QED) is 0.429. The zero-order valence-electron chi connectivity index (χ0n) is 20.3. The molecule has 7 nitrogen and oxygen atoms in total. The van der Waals surface area contributed by atoms with Crippen molar-refractivity contribution < 1.29 is 19.0 Å². The van der Waals surface area contributed by atoms with E-state index in [1.165, 1.54) is 5.56 Å². The number of anilines is 1. The van der Waals surface area contributed by atoms with Crippen LogP contribution in [-0.2, 0) is 4.79 Å². The Balaban J connectivity index is 1.95. The number of aryl methyl sites for hydroxylation is 2. The Morgan fingerprint density at radius 1 is 1.00 bits per heavy atom. The molecule has 0 radical (unpaired) electrons. The van der Waals surface area contributed by atoms with Crippen LogP contribution in [0.15, 0.2) is 30.3 Å². The molecule has 0 saturated heterocycles. The molecule has 0 fully saturated rings. The first-order valence-electron chi connectivity index (χ1n) is 10.6. The van der Waals surface area contributed by atoms with E-state index >= 15 is 0 Å². The lowest BCUT2D eigenvalue weighted by atomic mass is 10.1. The van der Waals surface area contributed by atoms with Gasteiger partial charge >= 0.3 is 0 Å². The Morgan fingerprint density at radius 3 is 2.24 bits per heavy atom. The van der Waals surface area contributed by atoms with E-state index in [9.17, 15) is 4.79 Å². The third-order valence-corrected chi connectivity index (χ3v) is 6.41. The predicted octanol–water partition coefficient (Wildman–Crippen LogP) is 4.55. The zero-order chi connectivity index (χ0) is 24.1. The number of amides is 1. The molecule has 1 heterocycles. The van der Waals surface area contributed by atoms with Crippen LogP contribution in [0.5, 0.6) is 17.2 Å². The van der Waals surface area contributed by atoms with Crippen LogP contribution < -0.4 is 19.1 Å². The van der Waals surface area contributed by atoms with Crippen LogP contribution in [0, 0.1) is 13.8 Å². The minimum Gasteiger partial charge on any atom is -0.493 e. The normalized spacial score (nSPS) is 11.4. The summed E-state index contributed by atoms with van der Waals surface area (Å²) < 4.78 is 17.3. The Labute approximate surface area is 199 Å². The largest absolute Gasteiger partial charge is 0.493 e. The number of rotatable bonds is 9. The van der Waals surface area contributed by atoms with Crippen LogP contribution in [-0.4, -0.2) is 64.3 Å². The minimum atomic E-state index is -0.140. The molecule has 0 atom stereocenters. The van der Waals surface area contributed by atoms with Gasteiger partial charge in [-0.05, 0) is 68.9 Å². The lowest BCUT2D eigenvalue weighted by Gasteiger charge is -2.20. The maximum atomic E-state index is 13.3. The lowest BCUT2D eigenvalue weighted by molar-refractivity contribution is -0.114. The van der Waals surface area contributed by atoms with Gasteiger partial charge in [-0.15, -0.1) is 0 Å². The van der Waals surface area contributed by atoms with Crippen LogP contribution in [0.4, 0.5) is 5.13 Å². The molecule has 0 saturated carbocycles. The van der Waals surface area contributed by atoms with Gasteiger partial charge in [0.15, 0.2) is 16.6 Å². The van der Waals surface area contributed by atoms with Crippen molar-refractivity contribution in [3.63, 3.8) is 0 Å². The van der Waals surface area contributed by atoms with Gasteiger partial charge in [-0.3, -0.25) is 9.69 Å².